The summed E-state index contributed by atoms with van der Waals surface area (Å²) >= 11 is 0. The predicted octanol–water partition coefficient (Wildman–Crippen LogP) is 17.3. The Morgan fingerprint density at radius 2 is 0.862 bits per heavy atom. The van der Waals surface area contributed by atoms with Crippen LogP contribution < -0.4 is 4.90 Å². The van der Waals surface area contributed by atoms with Crippen molar-refractivity contribution >= 4 is 60.7 Å². The van der Waals surface area contributed by atoms with Gasteiger partial charge in [0, 0.05) is 44.0 Å². The Kier molecular flexibility index (Phi) is 8.67. The van der Waals surface area contributed by atoms with E-state index in [9.17, 15) is 0 Å². The van der Waals surface area contributed by atoms with E-state index in [4.69, 9.17) is 0 Å². The molecule has 0 bridgehead atoms. The van der Waals surface area contributed by atoms with Gasteiger partial charge in [0.2, 0.25) is 0 Å². The Bertz CT molecular complexity index is 3590. The molecule has 314 valence electrons. The van der Waals surface area contributed by atoms with Gasteiger partial charge in [-0.15, -0.1) is 0 Å². The molecule has 0 radical (unpaired) electrons. The first-order chi connectivity index (χ1) is 31.5. The van der Waals surface area contributed by atoms with Crippen molar-refractivity contribution in [1.82, 2.24) is 9.13 Å². The Balaban J connectivity index is 1.24. The summed E-state index contributed by atoms with van der Waals surface area (Å²) in [5.74, 6) is 0. The highest BCUT2D eigenvalue weighted by Gasteiger charge is 2.29. The maximum Gasteiger partial charge on any atom is 0.0709 e. The Morgan fingerprint density at radius 3 is 1.54 bits per heavy atom. The fraction of sp³-hybridized carbons (Fsp3) is 0.129. The molecule has 3 heterocycles. The maximum absolute atomic E-state index is 2.58. The lowest BCUT2D eigenvalue weighted by molar-refractivity contribution is 0.569. The molecule has 0 fully saturated rings. The number of hydrogen-bond acceptors (Lipinski definition) is 1. The zero-order valence-corrected chi connectivity index (χ0v) is 37.9. The van der Waals surface area contributed by atoms with Crippen LogP contribution in [-0.4, -0.2) is 9.13 Å². The number of anilines is 3. The summed E-state index contributed by atoms with van der Waals surface area (Å²) in [7, 11) is 0. The van der Waals surface area contributed by atoms with Crippen molar-refractivity contribution in [3.8, 4) is 44.8 Å². The molecular formula is C62H51N3. The van der Waals surface area contributed by atoms with Crippen LogP contribution in [0, 0.1) is 0 Å². The third kappa shape index (κ3) is 6.17. The molecule has 0 saturated heterocycles. The van der Waals surface area contributed by atoms with Crippen molar-refractivity contribution < 1.29 is 0 Å². The van der Waals surface area contributed by atoms with Crippen LogP contribution in [0.1, 0.15) is 52.7 Å². The molecule has 0 saturated carbocycles. The second-order valence-electron chi connectivity index (χ2n) is 19.8. The molecule has 0 spiro atoms. The number of fused-ring (bicyclic) bond motifs is 12. The number of para-hydroxylation sites is 5. The first-order valence-corrected chi connectivity index (χ1v) is 22.9. The molecule has 0 atom stereocenters. The Morgan fingerprint density at radius 1 is 0.308 bits per heavy atom. The van der Waals surface area contributed by atoms with Gasteiger partial charge in [0.1, 0.15) is 0 Å². The SMILES string of the molecule is CC(C)(C)c1cc(-c2ccc3c(c2)-n2c4ccc(-n5c6ccccc6c6ccccc65)cc4c4cccc(c42)-c2ccccc2-c2ccccc2N3c2ccccc2)cc(C(C)(C)C)c1. The minimum atomic E-state index is -0.0210. The molecule has 3 nitrogen and oxygen atoms in total. The van der Waals surface area contributed by atoms with Gasteiger partial charge in [0.25, 0.3) is 0 Å². The Labute approximate surface area is 381 Å². The highest BCUT2D eigenvalue weighted by Crippen LogP contribution is 2.51. The third-order valence-electron chi connectivity index (χ3n) is 13.7. The zero-order chi connectivity index (χ0) is 44.2. The summed E-state index contributed by atoms with van der Waals surface area (Å²) in [6.45, 7) is 14.0. The molecule has 1 aliphatic rings. The van der Waals surface area contributed by atoms with Crippen LogP contribution in [-0.2, 0) is 10.8 Å². The quantitative estimate of drug-likeness (QED) is 0.173. The summed E-state index contributed by atoms with van der Waals surface area (Å²) in [4.78, 5) is 2.48. The van der Waals surface area contributed by atoms with Gasteiger partial charge in [0.15, 0.2) is 0 Å². The molecule has 0 unspecified atom stereocenters. The molecular weight excluding hydrogens is 787 g/mol. The van der Waals surface area contributed by atoms with E-state index in [1.807, 2.05) is 0 Å². The van der Waals surface area contributed by atoms with Gasteiger partial charge in [-0.25, -0.2) is 0 Å². The van der Waals surface area contributed by atoms with Crippen molar-refractivity contribution in [2.45, 2.75) is 52.4 Å². The van der Waals surface area contributed by atoms with Crippen LogP contribution in [0.15, 0.2) is 200 Å². The molecule has 11 aromatic rings. The van der Waals surface area contributed by atoms with Crippen molar-refractivity contribution in [2.75, 3.05) is 4.90 Å². The number of rotatable bonds is 3. The van der Waals surface area contributed by atoms with Gasteiger partial charge in [-0.05, 0) is 105 Å². The zero-order valence-electron chi connectivity index (χ0n) is 37.9. The number of nitrogens with zero attached hydrogens (tertiary/aromatic N) is 3. The van der Waals surface area contributed by atoms with Crippen LogP contribution in [0.25, 0.3) is 88.4 Å². The first kappa shape index (κ1) is 39.0. The molecule has 65 heavy (non-hydrogen) atoms. The van der Waals surface area contributed by atoms with E-state index < -0.39 is 0 Å². The van der Waals surface area contributed by atoms with E-state index in [1.165, 1.54) is 82.6 Å². The summed E-state index contributed by atoms with van der Waals surface area (Å²) in [6, 6.07) is 74.9. The average molecular weight is 838 g/mol. The van der Waals surface area contributed by atoms with E-state index in [2.05, 4.69) is 256 Å². The van der Waals surface area contributed by atoms with E-state index in [0.29, 0.717) is 0 Å². The highest BCUT2D eigenvalue weighted by atomic mass is 15.2. The van der Waals surface area contributed by atoms with Crippen LogP contribution in [0.5, 0.6) is 0 Å². The Hall–Kier alpha value is -7.62. The van der Waals surface area contributed by atoms with Crippen LogP contribution >= 0.6 is 0 Å². The monoisotopic (exact) mass is 837 g/mol. The lowest BCUT2D eigenvalue weighted by Gasteiger charge is -2.32. The molecule has 9 aromatic carbocycles. The van der Waals surface area contributed by atoms with E-state index in [0.717, 1.165) is 34.0 Å². The largest absolute Gasteiger partial charge is 0.309 e. The second kappa shape index (κ2) is 14.5. The second-order valence-corrected chi connectivity index (χ2v) is 19.8. The third-order valence-corrected chi connectivity index (χ3v) is 13.7. The fourth-order valence-corrected chi connectivity index (χ4v) is 10.4. The van der Waals surface area contributed by atoms with E-state index >= 15 is 0 Å². The number of benzene rings is 9. The molecule has 3 heteroatoms. The molecule has 12 rings (SSSR count). The van der Waals surface area contributed by atoms with Gasteiger partial charge < -0.3 is 14.0 Å². The molecule has 2 aromatic heterocycles. The van der Waals surface area contributed by atoms with Crippen LogP contribution in [0.3, 0.4) is 0 Å². The summed E-state index contributed by atoms with van der Waals surface area (Å²) in [6.07, 6.45) is 0. The topological polar surface area (TPSA) is 13.1 Å². The minimum absolute atomic E-state index is 0.0210. The highest BCUT2D eigenvalue weighted by molar-refractivity contribution is 6.17. The molecule has 0 amide bonds. The van der Waals surface area contributed by atoms with Gasteiger partial charge in [-0.2, -0.15) is 0 Å². The van der Waals surface area contributed by atoms with Crippen molar-refractivity contribution in [2.24, 2.45) is 0 Å². The van der Waals surface area contributed by atoms with Crippen molar-refractivity contribution in [3.63, 3.8) is 0 Å². The van der Waals surface area contributed by atoms with Gasteiger partial charge in [-0.3, -0.25) is 0 Å². The average Bonchev–Trinajstić information content (AvgIpc) is 3.84. The van der Waals surface area contributed by atoms with Gasteiger partial charge >= 0.3 is 0 Å². The lowest BCUT2D eigenvalue weighted by Crippen LogP contribution is -2.17. The number of aromatic nitrogens is 2. The predicted molar refractivity (Wildman–Crippen MR) is 277 cm³/mol. The van der Waals surface area contributed by atoms with E-state index in [-0.39, 0.29) is 10.8 Å². The van der Waals surface area contributed by atoms with Gasteiger partial charge in [-0.1, -0.05) is 181 Å². The number of hydrogen-bond donors (Lipinski definition) is 0. The fourth-order valence-electron chi connectivity index (χ4n) is 10.4. The van der Waals surface area contributed by atoms with Crippen molar-refractivity contribution in [1.29, 1.82) is 0 Å². The minimum Gasteiger partial charge on any atom is -0.309 e. The van der Waals surface area contributed by atoms with Crippen LogP contribution in [0.2, 0.25) is 0 Å². The molecule has 1 aliphatic heterocycles. The standard InChI is InChI=1S/C62H51N3/c1-61(2,3)42-35-41(36-43(38-42)62(4,5)6)40-31-33-58-59(37-40)65-57-34-32-45(64-55-29-16-13-24-49(55)50-25-14-17-30-56(50)64)39-53(57)52-27-18-26-51(60(52)65)47-22-11-10-21-46(47)48-23-12-15-28-54(48)63(58)44-19-8-7-9-20-44/h7-39H,1-6H3. The molecule has 0 N–H and O–H groups in total. The smallest absolute Gasteiger partial charge is 0.0709 e. The first-order valence-electron chi connectivity index (χ1n) is 22.9. The van der Waals surface area contributed by atoms with Crippen LogP contribution in [0.4, 0.5) is 17.1 Å². The lowest BCUT2D eigenvalue weighted by atomic mass is 9.79. The van der Waals surface area contributed by atoms with E-state index in [1.54, 1.807) is 0 Å². The summed E-state index contributed by atoms with van der Waals surface area (Å²) in [5, 5.41) is 4.95. The van der Waals surface area contributed by atoms with Gasteiger partial charge in [0.05, 0.1) is 39.1 Å². The summed E-state index contributed by atoms with van der Waals surface area (Å²) < 4.78 is 5.02. The maximum atomic E-state index is 2.58. The summed E-state index contributed by atoms with van der Waals surface area (Å²) in [5.41, 5.74) is 20.2. The molecule has 0 aliphatic carbocycles. The van der Waals surface area contributed by atoms with Crippen molar-refractivity contribution in [3.05, 3.63) is 211 Å². The normalized spacial score (nSPS) is 12.7.